The molecule has 0 atom stereocenters. The molecule has 0 aromatic heterocycles. The third-order valence-electron chi connectivity index (χ3n) is 2.80. The van der Waals surface area contributed by atoms with Gasteiger partial charge in [0.25, 0.3) is 0 Å². The summed E-state index contributed by atoms with van der Waals surface area (Å²) in [5.74, 6) is 0.296. The fourth-order valence-electron chi connectivity index (χ4n) is 2.03. The van der Waals surface area contributed by atoms with Crippen LogP contribution in [0, 0.1) is 0 Å². The molecule has 5 heteroatoms. The third-order valence-corrected chi connectivity index (χ3v) is 2.80. The highest BCUT2D eigenvalue weighted by Gasteiger charge is 2.13. The van der Waals surface area contributed by atoms with E-state index in [1.54, 1.807) is 0 Å². The van der Waals surface area contributed by atoms with E-state index in [2.05, 4.69) is 15.6 Å². The van der Waals surface area contributed by atoms with Crippen LogP contribution in [-0.2, 0) is 4.79 Å². The summed E-state index contributed by atoms with van der Waals surface area (Å²) >= 11 is 0. The van der Waals surface area contributed by atoms with Crippen LogP contribution >= 0.6 is 0 Å². The first-order valence-corrected chi connectivity index (χ1v) is 6.43. The normalized spacial score (nSPS) is 18.2. The lowest BCUT2D eigenvalue weighted by Crippen LogP contribution is -2.42. The van der Waals surface area contributed by atoms with Gasteiger partial charge in [-0.3, -0.25) is 4.79 Å². The number of amides is 1. The molecule has 0 saturated heterocycles. The van der Waals surface area contributed by atoms with Gasteiger partial charge in [0.2, 0.25) is 5.91 Å². The maximum atomic E-state index is 11.3. The molecule has 0 unspecified atom stereocenters. The molecule has 4 N–H and O–H groups in total. The van der Waals surface area contributed by atoms with E-state index in [-0.39, 0.29) is 18.5 Å². The Bertz CT molecular complexity index is 270. The summed E-state index contributed by atoms with van der Waals surface area (Å²) in [6.45, 7) is 3.94. The van der Waals surface area contributed by atoms with Gasteiger partial charge >= 0.3 is 0 Å². The molecule has 5 nitrogen and oxygen atoms in total. The molecule has 1 amide bonds. The number of nitrogens with two attached hydrogens (primary N) is 1. The minimum absolute atomic E-state index is 0.0894. The summed E-state index contributed by atoms with van der Waals surface area (Å²) in [5.41, 5.74) is 5.74. The molecule has 98 valence electrons. The number of hydrogen-bond donors (Lipinski definition) is 3. The zero-order valence-electron chi connectivity index (χ0n) is 10.8. The molecule has 1 saturated carbocycles. The molecular formula is C12H24N4O. The Balaban J connectivity index is 2.25. The van der Waals surface area contributed by atoms with E-state index in [1.165, 1.54) is 19.3 Å². The standard InChI is InChI=1S/C12H24N4O/c1-9(2)15-11(17)8-14-12(13)16-10-6-4-3-5-7-10/h9-10H,3-8H2,1-2H3,(H,15,17)(H3,13,14,16). The van der Waals surface area contributed by atoms with Crippen LogP contribution in [0.4, 0.5) is 0 Å². The molecule has 1 aliphatic carbocycles. The van der Waals surface area contributed by atoms with Crippen LogP contribution in [0.15, 0.2) is 4.99 Å². The van der Waals surface area contributed by atoms with E-state index in [9.17, 15) is 4.79 Å². The molecule has 1 rings (SSSR count). The van der Waals surface area contributed by atoms with Crippen molar-refractivity contribution >= 4 is 11.9 Å². The van der Waals surface area contributed by atoms with E-state index in [0.29, 0.717) is 12.0 Å². The summed E-state index contributed by atoms with van der Waals surface area (Å²) in [4.78, 5) is 15.4. The van der Waals surface area contributed by atoms with Crippen molar-refractivity contribution in [1.82, 2.24) is 10.6 Å². The molecule has 0 aromatic rings. The molecule has 0 aliphatic heterocycles. The average Bonchev–Trinajstić information content (AvgIpc) is 2.27. The van der Waals surface area contributed by atoms with Gasteiger partial charge in [0.1, 0.15) is 6.54 Å². The van der Waals surface area contributed by atoms with E-state index >= 15 is 0 Å². The maximum Gasteiger partial charge on any atom is 0.242 e. The lowest BCUT2D eigenvalue weighted by atomic mass is 9.96. The Morgan fingerprint density at radius 2 is 2.00 bits per heavy atom. The van der Waals surface area contributed by atoms with Crippen molar-refractivity contribution in [2.24, 2.45) is 10.7 Å². The SMILES string of the molecule is CC(C)NC(=O)CN=C(N)NC1CCCCC1. The van der Waals surface area contributed by atoms with Crippen molar-refractivity contribution in [3.8, 4) is 0 Å². The smallest absolute Gasteiger partial charge is 0.242 e. The number of hydrogen-bond acceptors (Lipinski definition) is 2. The monoisotopic (exact) mass is 240 g/mol. The molecule has 1 fully saturated rings. The number of carbonyl (C=O) groups is 1. The first-order valence-electron chi connectivity index (χ1n) is 6.43. The van der Waals surface area contributed by atoms with E-state index in [4.69, 9.17) is 5.73 Å². The summed E-state index contributed by atoms with van der Waals surface area (Å²) in [6.07, 6.45) is 6.10. The van der Waals surface area contributed by atoms with Gasteiger partial charge in [-0.2, -0.15) is 0 Å². The summed E-state index contributed by atoms with van der Waals surface area (Å²) in [7, 11) is 0. The van der Waals surface area contributed by atoms with Gasteiger partial charge in [-0.15, -0.1) is 0 Å². The minimum Gasteiger partial charge on any atom is -0.370 e. The average molecular weight is 240 g/mol. The Morgan fingerprint density at radius 3 is 2.59 bits per heavy atom. The number of nitrogens with one attached hydrogen (secondary N) is 2. The first kappa shape index (κ1) is 13.8. The van der Waals surface area contributed by atoms with Gasteiger partial charge in [-0.05, 0) is 26.7 Å². The van der Waals surface area contributed by atoms with E-state index < -0.39 is 0 Å². The van der Waals surface area contributed by atoms with E-state index in [1.807, 2.05) is 13.8 Å². The molecule has 0 heterocycles. The maximum absolute atomic E-state index is 11.3. The summed E-state index contributed by atoms with van der Waals surface area (Å²) < 4.78 is 0. The molecular weight excluding hydrogens is 216 g/mol. The Hall–Kier alpha value is -1.26. The highest BCUT2D eigenvalue weighted by molar-refractivity contribution is 5.84. The molecule has 1 aliphatic rings. The summed E-state index contributed by atoms with van der Waals surface area (Å²) in [5, 5.41) is 5.95. The molecule has 0 spiro atoms. The van der Waals surface area contributed by atoms with Crippen LogP contribution in [-0.4, -0.2) is 30.5 Å². The largest absolute Gasteiger partial charge is 0.370 e. The van der Waals surface area contributed by atoms with Gasteiger partial charge in [-0.1, -0.05) is 19.3 Å². The molecule has 17 heavy (non-hydrogen) atoms. The first-order chi connectivity index (χ1) is 8.08. The van der Waals surface area contributed by atoms with Crippen LogP contribution in [0.5, 0.6) is 0 Å². The number of rotatable bonds is 4. The lowest BCUT2D eigenvalue weighted by Gasteiger charge is -2.23. The fourth-order valence-corrected chi connectivity index (χ4v) is 2.03. The quantitative estimate of drug-likeness (QED) is 0.501. The number of carbonyl (C=O) groups excluding carboxylic acids is 1. The fraction of sp³-hybridized carbons (Fsp3) is 0.833. The minimum atomic E-state index is -0.0894. The Labute approximate surface area is 103 Å². The zero-order valence-corrected chi connectivity index (χ0v) is 10.8. The van der Waals surface area contributed by atoms with Crippen LogP contribution in [0.2, 0.25) is 0 Å². The predicted molar refractivity (Wildman–Crippen MR) is 69.8 cm³/mol. The Kier molecular flexibility index (Phi) is 5.80. The number of nitrogens with zero attached hydrogens (tertiary/aromatic N) is 1. The van der Waals surface area contributed by atoms with Crippen LogP contribution in [0.1, 0.15) is 46.0 Å². The van der Waals surface area contributed by atoms with E-state index in [0.717, 1.165) is 12.8 Å². The van der Waals surface area contributed by atoms with Crippen molar-refractivity contribution < 1.29 is 4.79 Å². The predicted octanol–water partition coefficient (Wildman–Crippen LogP) is 0.748. The van der Waals surface area contributed by atoms with Crippen molar-refractivity contribution in [3.63, 3.8) is 0 Å². The van der Waals surface area contributed by atoms with Crippen molar-refractivity contribution in [1.29, 1.82) is 0 Å². The van der Waals surface area contributed by atoms with Crippen LogP contribution in [0.25, 0.3) is 0 Å². The molecule has 0 radical (unpaired) electrons. The number of guanidine groups is 1. The second-order valence-corrected chi connectivity index (χ2v) is 4.90. The molecule has 0 bridgehead atoms. The van der Waals surface area contributed by atoms with Crippen molar-refractivity contribution in [2.75, 3.05) is 6.54 Å². The third kappa shape index (κ3) is 6.14. The second kappa shape index (κ2) is 7.14. The summed E-state index contributed by atoms with van der Waals surface area (Å²) in [6, 6.07) is 0.575. The topological polar surface area (TPSA) is 79.5 Å². The van der Waals surface area contributed by atoms with Crippen molar-refractivity contribution in [2.45, 2.75) is 58.0 Å². The Morgan fingerprint density at radius 1 is 1.35 bits per heavy atom. The van der Waals surface area contributed by atoms with Gasteiger partial charge in [0.05, 0.1) is 0 Å². The lowest BCUT2D eigenvalue weighted by molar-refractivity contribution is -0.120. The van der Waals surface area contributed by atoms with Gasteiger partial charge < -0.3 is 16.4 Å². The number of aliphatic imine (C=N–C) groups is 1. The van der Waals surface area contributed by atoms with Gasteiger partial charge in [0.15, 0.2) is 5.96 Å². The second-order valence-electron chi connectivity index (χ2n) is 4.90. The molecule has 0 aromatic carbocycles. The zero-order chi connectivity index (χ0) is 12.7. The van der Waals surface area contributed by atoms with Gasteiger partial charge in [0, 0.05) is 12.1 Å². The van der Waals surface area contributed by atoms with Crippen LogP contribution in [0.3, 0.4) is 0 Å². The van der Waals surface area contributed by atoms with Gasteiger partial charge in [-0.25, -0.2) is 4.99 Å². The highest BCUT2D eigenvalue weighted by atomic mass is 16.1. The highest BCUT2D eigenvalue weighted by Crippen LogP contribution is 2.16. The van der Waals surface area contributed by atoms with Crippen molar-refractivity contribution in [3.05, 3.63) is 0 Å². The van der Waals surface area contributed by atoms with Crippen LogP contribution < -0.4 is 16.4 Å².